The molecule has 2 aromatic carbocycles. The Bertz CT molecular complexity index is 819. The Morgan fingerprint density at radius 2 is 1.61 bits per heavy atom. The number of ether oxygens (including phenoxy) is 2. The quantitative estimate of drug-likeness (QED) is 0.926. The average molecular weight is 341 g/mol. The zero-order chi connectivity index (χ0) is 16.4. The third kappa shape index (κ3) is 3.59. The highest BCUT2D eigenvalue weighted by atomic mass is 32.2. The number of fused-ring (bicyclic) bond motifs is 1. The van der Waals surface area contributed by atoms with E-state index in [0.717, 1.165) is 12.1 Å². The van der Waals surface area contributed by atoms with Gasteiger partial charge in [-0.05, 0) is 29.8 Å². The van der Waals surface area contributed by atoms with Crippen LogP contribution in [0.15, 0.2) is 41.3 Å². The molecule has 0 atom stereocenters. The van der Waals surface area contributed by atoms with E-state index < -0.39 is 26.6 Å². The summed E-state index contributed by atoms with van der Waals surface area (Å²) in [5.41, 5.74) is 0.634. The van der Waals surface area contributed by atoms with Gasteiger partial charge in [0.2, 0.25) is 10.0 Å². The highest BCUT2D eigenvalue weighted by Gasteiger charge is 2.17. The molecule has 0 saturated carbocycles. The summed E-state index contributed by atoms with van der Waals surface area (Å²) < 4.78 is 63.6. The summed E-state index contributed by atoms with van der Waals surface area (Å²) in [6.07, 6.45) is 0. The van der Waals surface area contributed by atoms with E-state index in [1.54, 1.807) is 18.2 Å². The molecule has 0 aliphatic carbocycles. The van der Waals surface area contributed by atoms with E-state index >= 15 is 0 Å². The predicted octanol–water partition coefficient (Wildman–Crippen LogP) is 2.21. The highest BCUT2D eigenvalue weighted by Crippen LogP contribution is 2.30. The number of hydrogen-bond acceptors (Lipinski definition) is 4. The van der Waals surface area contributed by atoms with Crippen LogP contribution < -0.4 is 14.2 Å². The van der Waals surface area contributed by atoms with Gasteiger partial charge in [-0.1, -0.05) is 6.07 Å². The van der Waals surface area contributed by atoms with Gasteiger partial charge in [0.05, 0.1) is 4.90 Å². The molecule has 122 valence electrons. The molecule has 0 bridgehead atoms. The molecule has 0 amide bonds. The summed E-state index contributed by atoms with van der Waals surface area (Å²) in [7, 11) is -4.03. The SMILES string of the molecule is O=S(=O)(NCc1ccc2c(c1)OCCO2)c1cc(F)cc(F)c1. The molecule has 1 N–H and O–H groups in total. The molecule has 3 rings (SSSR count). The van der Waals surface area contributed by atoms with E-state index in [4.69, 9.17) is 9.47 Å². The van der Waals surface area contributed by atoms with Crippen LogP contribution in [-0.2, 0) is 16.6 Å². The third-order valence-corrected chi connectivity index (χ3v) is 4.60. The molecule has 1 aliphatic rings. The fraction of sp³-hybridized carbons (Fsp3) is 0.200. The molecule has 0 aromatic heterocycles. The summed E-state index contributed by atoms with van der Waals surface area (Å²) in [6.45, 7) is 0.839. The number of benzene rings is 2. The summed E-state index contributed by atoms with van der Waals surface area (Å²) >= 11 is 0. The molecule has 0 spiro atoms. The second-order valence-corrected chi connectivity index (χ2v) is 6.67. The molecule has 5 nitrogen and oxygen atoms in total. The van der Waals surface area contributed by atoms with Crippen molar-refractivity contribution in [3.8, 4) is 11.5 Å². The lowest BCUT2D eigenvalue weighted by molar-refractivity contribution is 0.171. The van der Waals surface area contributed by atoms with Gasteiger partial charge >= 0.3 is 0 Å². The van der Waals surface area contributed by atoms with Crippen LogP contribution in [-0.4, -0.2) is 21.6 Å². The van der Waals surface area contributed by atoms with E-state index in [-0.39, 0.29) is 6.54 Å². The molecule has 2 aromatic rings. The first-order valence-corrected chi connectivity index (χ1v) is 8.27. The smallest absolute Gasteiger partial charge is 0.241 e. The van der Waals surface area contributed by atoms with Crippen LogP contribution in [0.2, 0.25) is 0 Å². The van der Waals surface area contributed by atoms with Crippen molar-refractivity contribution < 1.29 is 26.7 Å². The Kier molecular flexibility index (Phi) is 4.18. The van der Waals surface area contributed by atoms with Crippen molar-refractivity contribution in [1.29, 1.82) is 0 Å². The molecular formula is C15H13F2NO4S. The van der Waals surface area contributed by atoms with Gasteiger partial charge in [0.15, 0.2) is 11.5 Å². The number of halogens is 2. The first-order chi connectivity index (χ1) is 10.9. The van der Waals surface area contributed by atoms with Crippen LogP contribution in [0, 0.1) is 11.6 Å². The van der Waals surface area contributed by atoms with Crippen LogP contribution in [0.3, 0.4) is 0 Å². The fourth-order valence-electron chi connectivity index (χ4n) is 2.14. The second kappa shape index (κ2) is 6.13. The monoisotopic (exact) mass is 341 g/mol. The molecule has 0 radical (unpaired) electrons. The lowest BCUT2D eigenvalue weighted by Gasteiger charge is -2.19. The Morgan fingerprint density at radius 1 is 0.957 bits per heavy atom. The Hall–Kier alpha value is -2.19. The average Bonchev–Trinajstić information content (AvgIpc) is 2.52. The van der Waals surface area contributed by atoms with E-state index in [2.05, 4.69) is 4.72 Å². The maximum Gasteiger partial charge on any atom is 0.241 e. The zero-order valence-electron chi connectivity index (χ0n) is 11.9. The normalized spacial score (nSPS) is 13.8. The molecule has 0 fully saturated rings. The van der Waals surface area contributed by atoms with Crippen molar-refractivity contribution in [2.45, 2.75) is 11.4 Å². The van der Waals surface area contributed by atoms with Crippen LogP contribution in [0.25, 0.3) is 0 Å². The first kappa shape index (κ1) is 15.7. The standard InChI is InChI=1S/C15H13F2NO4S/c16-11-6-12(17)8-13(7-11)23(19,20)18-9-10-1-2-14-15(5-10)22-4-3-21-14/h1-2,5-8,18H,3-4,9H2. The van der Waals surface area contributed by atoms with Gasteiger partial charge in [-0.2, -0.15) is 0 Å². The van der Waals surface area contributed by atoms with E-state index in [1.807, 2.05) is 0 Å². The van der Waals surface area contributed by atoms with Gasteiger partial charge in [-0.3, -0.25) is 0 Å². The number of sulfonamides is 1. The summed E-state index contributed by atoms with van der Waals surface area (Å²) in [5, 5.41) is 0. The third-order valence-electron chi connectivity index (χ3n) is 3.22. The molecule has 8 heteroatoms. The largest absolute Gasteiger partial charge is 0.486 e. The van der Waals surface area contributed by atoms with Crippen LogP contribution in [0.4, 0.5) is 8.78 Å². The van der Waals surface area contributed by atoms with Crippen molar-refractivity contribution in [2.24, 2.45) is 0 Å². The van der Waals surface area contributed by atoms with Crippen molar-refractivity contribution >= 4 is 10.0 Å². The van der Waals surface area contributed by atoms with Crippen molar-refractivity contribution in [3.63, 3.8) is 0 Å². The summed E-state index contributed by atoms with van der Waals surface area (Å²) in [6, 6.07) is 7.15. The summed E-state index contributed by atoms with van der Waals surface area (Å²) in [5.74, 6) is -0.783. The minimum Gasteiger partial charge on any atom is -0.486 e. The first-order valence-electron chi connectivity index (χ1n) is 6.78. The minimum absolute atomic E-state index is 0.0445. The van der Waals surface area contributed by atoms with Gasteiger partial charge in [0.1, 0.15) is 24.8 Å². The lowest BCUT2D eigenvalue weighted by atomic mass is 10.2. The Labute approximate surface area is 131 Å². The summed E-state index contributed by atoms with van der Waals surface area (Å²) in [4.78, 5) is -0.465. The molecule has 0 saturated heterocycles. The minimum atomic E-state index is -4.03. The molecule has 0 unspecified atom stereocenters. The zero-order valence-corrected chi connectivity index (χ0v) is 12.7. The fourth-order valence-corrected chi connectivity index (χ4v) is 3.20. The number of hydrogen-bond donors (Lipinski definition) is 1. The van der Waals surface area contributed by atoms with Crippen molar-refractivity contribution in [3.05, 3.63) is 53.6 Å². The molecule has 1 heterocycles. The van der Waals surface area contributed by atoms with E-state index in [1.165, 1.54) is 0 Å². The number of nitrogens with one attached hydrogen (secondary N) is 1. The topological polar surface area (TPSA) is 64.6 Å². The van der Waals surface area contributed by atoms with Crippen LogP contribution in [0.5, 0.6) is 11.5 Å². The van der Waals surface area contributed by atoms with Gasteiger partial charge in [0.25, 0.3) is 0 Å². The maximum atomic E-state index is 13.1. The molecular weight excluding hydrogens is 328 g/mol. The highest BCUT2D eigenvalue weighted by molar-refractivity contribution is 7.89. The molecule has 23 heavy (non-hydrogen) atoms. The second-order valence-electron chi connectivity index (χ2n) is 4.91. The molecule has 1 aliphatic heterocycles. The van der Waals surface area contributed by atoms with Gasteiger partial charge in [0, 0.05) is 12.6 Å². The van der Waals surface area contributed by atoms with Crippen LogP contribution in [0.1, 0.15) is 5.56 Å². The van der Waals surface area contributed by atoms with Gasteiger partial charge in [-0.25, -0.2) is 21.9 Å². The lowest BCUT2D eigenvalue weighted by Crippen LogP contribution is -2.23. The van der Waals surface area contributed by atoms with Crippen molar-refractivity contribution in [2.75, 3.05) is 13.2 Å². The Morgan fingerprint density at radius 3 is 2.30 bits per heavy atom. The predicted molar refractivity (Wildman–Crippen MR) is 77.8 cm³/mol. The van der Waals surface area contributed by atoms with Gasteiger partial charge < -0.3 is 9.47 Å². The maximum absolute atomic E-state index is 13.1. The Balaban J connectivity index is 1.76. The number of rotatable bonds is 4. The van der Waals surface area contributed by atoms with Crippen molar-refractivity contribution in [1.82, 2.24) is 4.72 Å². The van der Waals surface area contributed by atoms with E-state index in [0.29, 0.717) is 36.3 Å². The van der Waals surface area contributed by atoms with E-state index in [9.17, 15) is 17.2 Å². The van der Waals surface area contributed by atoms with Gasteiger partial charge in [-0.15, -0.1) is 0 Å². The van der Waals surface area contributed by atoms with Crippen LogP contribution >= 0.6 is 0 Å².